The number of rotatable bonds is 1. The fourth-order valence-electron chi connectivity index (χ4n) is 3.00. The third-order valence-corrected chi connectivity index (χ3v) is 4.08. The average Bonchev–Trinajstić information content (AvgIpc) is 2.76. The number of halogens is 1. The zero-order valence-corrected chi connectivity index (χ0v) is 11.6. The first kappa shape index (κ1) is 14.5. The Kier molecular flexibility index (Phi) is 4.58. The summed E-state index contributed by atoms with van der Waals surface area (Å²) in [7, 11) is 0. The molecule has 5 heteroatoms. The summed E-state index contributed by atoms with van der Waals surface area (Å²) in [5.74, 6) is 0. The third-order valence-electron chi connectivity index (χ3n) is 3.85. The third kappa shape index (κ3) is 2.54. The minimum atomic E-state index is -0.157. The van der Waals surface area contributed by atoms with Crippen molar-refractivity contribution in [1.82, 2.24) is 5.32 Å². The van der Waals surface area contributed by atoms with Crippen molar-refractivity contribution in [2.24, 2.45) is 5.73 Å². The van der Waals surface area contributed by atoms with Gasteiger partial charge in [0.05, 0.1) is 11.7 Å². The summed E-state index contributed by atoms with van der Waals surface area (Å²) >= 11 is 6.11. The zero-order valence-electron chi connectivity index (χ0n) is 10.8. The number of hydrogen-bond donors (Lipinski definition) is 2. The molecular weight excluding hydrogens is 264 g/mol. The highest BCUT2D eigenvalue weighted by molar-refractivity contribution is 6.30. The van der Waals surface area contributed by atoms with Crippen LogP contribution in [-0.2, 0) is 15.1 Å². The zero-order chi connectivity index (χ0) is 13.9. The molecule has 0 aromatic heterocycles. The fraction of sp³-hybridized carbons (Fsp3) is 0.500. The van der Waals surface area contributed by atoms with Crippen LogP contribution in [0.4, 0.5) is 0 Å². The summed E-state index contributed by atoms with van der Waals surface area (Å²) in [4.78, 5) is 8.00. The molecule has 2 aliphatic heterocycles. The Balaban J connectivity index is 0.000000637. The molecule has 0 saturated carbocycles. The van der Waals surface area contributed by atoms with Crippen molar-refractivity contribution in [2.45, 2.75) is 24.5 Å². The molecule has 0 radical (unpaired) electrons. The first-order valence-corrected chi connectivity index (χ1v) is 6.80. The van der Waals surface area contributed by atoms with Crippen LogP contribution in [0.5, 0.6) is 0 Å². The lowest BCUT2D eigenvalue weighted by Gasteiger charge is -2.34. The van der Waals surface area contributed by atoms with Crippen molar-refractivity contribution in [3.05, 3.63) is 34.3 Å². The second-order valence-electron chi connectivity index (χ2n) is 4.82. The normalized spacial score (nSPS) is 23.6. The maximum atomic E-state index is 8.00. The summed E-state index contributed by atoms with van der Waals surface area (Å²) in [6.07, 6.45) is 2.02. The molecule has 3 N–H and O–H groups in total. The second-order valence-corrected chi connectivity index (χ2v) is 5.25. The minimum Gasteiger partial charge on any atom is -0.361 e. The van der Waals surface area contributed by atoms with E-state index in [4.69, 9.17) is 26.9 Å². The van der Waals surface area contributed by atoms with Gasteiger partial charge in [-0.3, -0.25) is 0 Å². The summed E-state index contributed by atoms with van der Waals surface area (Å²) < 4.78 is 6.24. The van der Waals surface area contributed by atoms with Crippen LogP contribution >= 0.6 is 11.6 Å². The molecule has 104 valence electrons. The molecule has 1 aromatic carbocycles. The lowest BCUT2D eigenvalue weighted by molar-refractivity contribution is -0.0980. The molecule has 2 aliphatic rings. The van der Waals surface area contributed by atoms with Crippen molar-refractivity contribution in [2.75, 3.05) is 19.6 Å². The Morgan fingerprint density at radius 2 is 2.11 bits per heavy atom. The highest BCUT2D eigenvalue weighted by Gasteiger charge is 2.44. The molecular formula is C14H19ClN2O2. The fourth-order valence-corrected chi connectivity index (χ4v) is 3.17. The van der Waals surface area contributed by atoms with Gasteiger partial charge in [0.2, 0.25) is 0 Å². The van der Waals surface area contributed by atoms with E-state index in [-0.39, 0.29) is 11.7 Å². The van der Waals surface area contributed by atoms with Gasteiger partial charge in [-0.25, -0.2) is 0 Å². The molecule has 1 saturated heterocycles. The van der Waals surface area contributed by atoms with Crippen LogP contribution in [0.15, 0.2) is 18.2 Å². The van der Waals surface area contributed by atoms with Gasteiger partial charge in [-0.05, 0) is 49.2 Å². The first-order valence-electron chi connectivity index (χ1n) is 6.42. The Bertz CT molecular complexity index is 447. The van der Waals surface area contributed by atoms with E-state index in [0.717, 1.165) is 31.0 Å². The minimum absolute atomic E-state index is 0.0281. The standard InChI is InChI=1S/C13H17ClN2O.CH2O/c14-9-1-2-10-11(7-9)13(17-12(10)8-15)3-5-16-6-4-13;1-2/h1-2,7,12,16H,3-6,8,15H2;1H2. The predicted octanol–water partition coefficient (Wildman–Crippen LogP) is 1.76. The topological polar surface area (TPSA) is 64.4 Å². The maximum Gasteiger partial charge on any atom is 0.106 e. The molecule has 0 bridgehead atoms. The Morgan fingerprint density at radius 3 is 2.74 bits per heavy atom. The van der Waals surface area contributed by atoms with Gasteiger partial charge in [0.1, 0.15) is 6.79 Å². The van der Waals surface area contributed by atoms with E-state index in [2.05, 4.69) is 17.4 Å². The van der Waals surface area contributed by atoms with Crippen LogP contribution < -0.4 is 11.1 Å². The van der Waals surface area contributed by atoms with Gasteiger partial charge in [0, 0.05) is 11.6 Å². The summed E-state index contributed by atoms with van der Waals surface area (Å²) in [5, 5.41) is 4.15. The molecule has 3 rings (SSSR count). The summed E-state index contributed by atoms with van der Waals surface area (Å²) in [5.41, 5.74) is 8.12. The van der Waals surface area contributed by atoms with Crippen LogP contribution in [0, 0.1) is 0 Å². The molecule has 0 amide bonds. The molecule has 0 aliphatic carbocycles. The number of carbonyl (C=O) groups excluding carboxylic acids is 1. The van der Waals surface area contributed by atoms with Gasteiger partial charge in [0.25, 0.3) is 0 Å². The smallest absolute Gasteiger partial charge is 0.106 e. The molecule has 1 unspecified atom stereocenters. The van der Waals surface area contributed by atoms with Gasteiger partial charge in [-0.15, -0.1) is 0 Å². The molecule has 2 heterocycles. The summed E-state index contributed by atoms with van der Waals surface area (Å²) in [6.45, 7) is 4.51. The highest BCUT2D eigenvalue weighted by atomic mass is 35.5. The van der Waals surface area contributed by atoms with E-state index in [1.807, 2.05) is 12.9 Å². The van der Waals surface area contributed by atoms with E-state index < -0.39 is 0 Å². The highest BCUT2D eigenvalue weighted by Crippen LogP contribution is 2.48. The molecule has 1 spiro atoms. The van der Waals surface area contributed by atoms with Crippen LogP contribution in [0.2, 0.25) is 5.02 Å². The lowest BCUT2D eigenvalue weighted by atomic mass is 9.84. The van der Waals surface area contributed by atoms with E-state index >= 15 is 0 Å². The second kappa shape index (κ2) is 6.01. The van der Waals surface area contributed by atoms with E-state index in [1.54, 1.807) is 0 Å². The van der Waals surface area contributed by atoms with Crippen molar-refractivity contribution in [1.29, 1.82) is 0 Å². The van der Waals surface area contributed by atoms with Crippen LogP contribution in [0.1, 0.15) is 30.1 Å². The molecule has 4 nitrogen and oxygen atoms in total. The van der Waals surface area contributed by atoms with E-state index in [1.165, 1.54) is 11.1 Å². The molecule has 19 heavy (non-hydrogen) atoms. The number of benzene rings is 1. The van der Waals surface area contributed by atoms with Gasteiger partial charge < -0.3 is 20.6 Å². The van der Waals surface area contributed by atoms with Gasteiger partial charge in [-0.1, -0.05) is 17.7 Å². The average molecular weight is 283 g/mol. The van der Waals surface area contributed by atoms with Gasteiger partial charge in [0.15, 0.2) is 0 Å². The number of hydrogen-bond acceptors (Lipinski definition) is 4. The van der Waals surface area contributed by atoms with Gasteiger partial charge in [-0.2, -0.15) is 0 Å². The first-order chi connectivity index (χ1) is 9.25. The predicted molar refractivity (Wildman–Crippen MR) is 75.2 cm³/mol. The van der Waals surface area contributed by atoms with Crippen molar-refractivity contribution >= 4 is 18.4 Å². The van der Waals surface area contributed by atoms with E-state index in [0.29, 0.717) is 6.54 Å². The Hall–Kier alpha value is -0.940. The van der Waals surface area contributed by atoms with E-state index in [9.17, 15) is 0 Å². The van der Waals surface area contributed by atoms with Crippen LogP contribution in [0.3, 0.4) is 0 Å². The lowest BCUT2D eigenvalue weighted by Crippen LogP contribution is -2.40. The Labute approximate surface area is 118 Å². The maximum absolute atomic E-state index is 8.00. The number of nitrogens with two attached hydrogens (primary N) is 1. The summed E-state index contributed by atoms with van der Waals surface area (Å²) in [6, 6.07) is 6.04. The largest absolute Gasteiger partial charge is 0.361 e. The monoisotopic (exact) mass is 282 g/mol. The molecule has 1 aromatic rings. The van der Waals surface area contributed by atoms with Gasteiger partial charge >= 0.3 is 0 Å². The number of ether oxygens (including phenoxy) is 1. The van der Waals surface area contributed by atoms with Crippen LogP contribution in [-0.4, -0.2) is 26.4 Å². The molecule has 1 fully saturated rings. The molecule has 1 atom stereocenters. The van der Waals surface area contributed by atoms with Crippen molar-refractivity contribution in [3.8, 4) is 0 Å². The number of fused-ring (bicyclic) bond motifs is 2. The quantitative estimate of drug-likeness (QED) is 0.824. The number of piperidine rings is 1. The number of nitrogens with one attached hydrogen (secondary N) is 1. The SMILES string of the molecule is C=O.NCC1OC2(CCNCC2)c2cc(Cl)ccc21. The number of carbonyl (C=O) groups is 1. The van der Waals surface area contributed by atoms with Crippen LogP contribution in [0.25, 0.3) is 0 Å². The van der Waals surface area contributed by atoms with Crippen molar-refractivity contribution < 1.29 is 9.53 Å². The Morgan fingerprint density at radius 1 is 1.42 bits per heavy atom. The van der Waals surface area contributed by atoms with Crippen molar-refractivity contribution in [3.63, 3.8) is 0 Å².